The van der Waals surface area contributed by atoms with Crippen LogP contribution >= 0.6 is 0 Å². The standard InChI is InChI=1S/C24H28O7/c1-13-9-17-23(11-27-21(31-20(23)18(13)26)15-7-5-4-6-8-15)22(3)10-16(29-14(2)25)19(30-17)24(22)12-28-24/h4-8,13,16-17,19-21H,9-12H2,1-3H3/t13-,16-,17-,19-,20-,21?,22-,23-,24?/m1/s1. The number of carbonyl (C=O) groups is 2. The number of carbonyl (C=O) groups excluding carboxylic acids is 2. The van der Waals surface area contributed by atoms with Crippen molar-refractivity contribution >= 4 is 11.8 Å². The van der Waals surface area contributed by atoms with Gasteiger partial charge in [0.25, 0.3) is 0 Å². The first kappa shape index (κ1) is 19.9. The Morgan fingerprint density at radius 2 is 1.90 bits per heavy atom. The molecule has 7 heteroatoms. The third-order valence-corrected chi connectivity index (χ3v) is 8.61. The molecule has 0 aromatic heterocycles. The molecule has 0 N–H and O–H groups in total. The minimum atomic E-state index is -0.691. The van der Waals surface area contributed by atoms with Gasteiger partial charge in [0, 0.05) is 23.8 Å². The molecular formula is C24H28O7. The van der Waals surface area contributed by atoms with Crippen LogP contribution in [0, 0.1) is 16.7 Å². The van der Waals surface area contributed by atoms with Crippen molar-refractivity contribution in [3.8, 4) is 0 Å². The molecule has 6 rings (SSSR count). The molecule has 2 unspecified atom stereocenters. The quantitative estimate of drug-likeness (QED) is 0.529. The largest absolute Gasteiger partial charge is 0.460 e. The lowest BCUT2D eigenvalue weighted by atomic mass is 9.49. The number of Topliss-reactive ketones (excluding diaryl/α,β-unsaturated/α-hetero) is 1. The summed E-state index contributed by atoms with van der Waals surface area (Å²) in [6.45, 7) is 6.37. The Labute approximate surface area is 181 Å². The molecule has 0 amide bonds. The van der Waals surface area contributed by atoms with Crippen LogP contribution in [0.25, 0.3) is 0 Å². The fourth-order valence-electron chi connectivity index (χ4n) is 6.96. The minimum absolute atomic E-state index is 0.0930. The predicted octanol–water partition coefficient (Wildman–Crippen LogP) is 2.57. The molecular weight excluding hydrogens is 400 g/mol. The van der Waals surface area contributed by atoms with Gasteiger partial charge in [-0.1, -0.05) is 44.2 Å². The molecule has 3 heterocycles. The molecule has 166 valence electrons. The van der Waals surface area contributed by atoms with Crippen molar-refractivity contribution in [1.29, 1.82) is 0 Å². The van der Waals surface area contributed by atoms with Crippen LogP contribution in [-0.2, 0) is 33.3 Å². The Morgan fingerprint density at radius 3 is 2.58 bits per heavy atom. The molecule has 9 atom stereocenters. The van der Waals surface area contributed by atoms with Gasteiger partial charge in [-0.3, -0.25) is 9.59 Å². The van der Waals surface area contributed by atoms with Crippen molar-refractivity contribution in [1.82, 2.24) is 0 Å². The lowest BCUT2D eigenvalue weighted by Crippen LogP contribution is -2.74. The molecule has 1 aromatic rings. The summed E-state index contributed by atoms with van der Waals surface area (Å²) in [5, 5.41) is 0. The third kappa shape index (κ3) is 2.38. The molecule has 31 heavy (non-hydrogen) atoms. The Balaban J connectivity index is 1.43. The second kappa shape index (κ2) is 6.38. The van der Waals surface area contributed by atoms with E-state index in [4.69, 9.17) is 23.7 Å². The highest BCUT2D eigenvalue weighted by atomic mass is 16.7. The highest BCUT2D eigenvalue weighted by Gasteiger charge is 2.85. The van der Waals surface area contributed by atoms with E-state index < -0.39 is 34.9 Å². The van der Waals surface area contributed by atoms with E-state index in [0.717, 1.165) is 5.56 Å². The summed E-state index contributed by atoms with van der Waals surface area (Å²) < 4.78 is 31.2. The van der Waals surface area contributed by atoms with Crippen molar-refractivity contribution in [2.24, 2.45) is 16.7 Å². The second-order valence-corrected chi connectivity index (χ2v) is 10.1. The van der Waals surface area contributed by atoms with E-state index in [2.05, 4.69) is 6.92 Å². The van der Waals surface area contributed by atoms with Gasteiger partial charge < -0.3 is 23.7 Å². The van der Waals surface area contributed by atoms with Crippen molar-refractivity contribution in [3.63, 3.8) is 0 Å². The van der Waals surface area contributed by atoms with Crippen LogP contribution in [0.15, 0.2) is 30.3 Å². The zero-order valence-electron chi connectivity index (χ0n) is 18.0. The monoisotopic (exact) mass is 428 g/mol. The minimum Gasteiger partial charge on any atom is -0.460 e. The van der Waals surface area contributed by atoms with E-state index in [0.29, 0.717) is 26.1 Å². The summed E-state index contributed by atoms with van der Waals surface area (Å²) in [6, 6.07) is 9.71. The smallest absolute Gasteiger partial charge is 0.302 e. The molecule has 1 aromatic carbocycles. The topological polar surface area (TPSA) is 83.6 Å². The number of hydrogen-bond donors (Lipinski definition) is 0. The maximum absolute atomic E-state index is 13.5. The average Bonchev–Trinajstić information content (AvgIpc) is 3.53. The number of ether oxygens (including phenoxy) is 5. The van der Waals surface area contributed by atoms with E-state index in [9.17, 15) is 9.59 Å². The molecule has 0 radical (unpaired) electrons. The number of epoxide rings is 1. The highest BCUT2D eigenvalue weighted by Crippen LogP contribution is 2.73. The average molecular weight is 428 g/mol. The summed E-state index contributed by atoms with van der Waals surface area (Å²) in [4.78, 5) is 25.3. The number of benzene rings is 1. The first-order valence-corrected chi connectivity index (χ1v) is 11.1. The van der Waals surface area contributed by atoms with E-state index in [1.807, 2.05) is 37.3 Å². The highest BCUT2D eigenvalue weighted by molar-refractivity contribution is 5.88. The van der Waals surface area contributed by atoms with Crippen molar-refractivity contribution in [3.05, 3.63) is 35.9 Å². The maximum Gasteiger partial charge on any atom is 0.302 e. The Bertz CT molecular complexity index is 927. The Hall–Kier alpha value is -1.80. The molecule has 2 spiro atoms. The van der Waals surface area contributed by atoms with Crippen LogP contribution in [0.3, 0.4) is 0 Å². The first-order chi connectivity index (χ1) is 14.8. The van der Waals surface area contributed by atoms with Crippen molar-refractivity contribution < 1.29 is 33.3 Å². The van der Waals surface area contributed by atoms with E-state index >= 15 is 0 Å². The Kier molecular flexibility index (Phi) is 4.08. The Morgan fingerprint density at radius 1 is 1.16 bits per heavy atom. The van der Waals surface area contributed by atoms with E-state index in [1.165, 1.54) is 6.92 Å². The number of hydrogen-bond acceptors (Lipinski definition) is 7. The SMILES string of the molecule is CC(=O)O[C@@H]1C[C@@]2(C)C3(CO3)[C@@H]1O[C@@H]1C[C@@H](C)C(=O)[C@H]3OC(c4ccccc4)OC[C@]312. The van der Waals surface area contributed by atoms with Crippen LogP contribution in [-0.4, -0.2) is 55.0 Å². The van der Waals surface area contributed by atoms with Crippen LogP contribution in [0.2, 0.25) is 0 Å². The second-order valence-electron chi connectivity index (χ2n) is 10.1. The molecule has 2 bridgehead atoms. The molecule has 2 aliphatic carbocycles. The first-order valence-electron chi connectivity index (χ1n) is 11.1. The number of esters is 1. The fourth-order valence-corrected chi connectivity index (χ4v) is 6.96. The van der Waals surface area contributed by atoms with Gasteiger partial charge >= 0.3 is 5.97 Å². The van der Waals surface area contributed by atoms with E-state index in [1.54, 1.807) is 0 Å². The lowest BCUT2D eigenvalue weighted by molar-refractivity contribution is -0.348. The summed E-state index contributed by atoms with van der Waals surface area (Å²) in [5.74, 6) is -0.417. The van der Waals surface area contributed by atoms with Gasteiger partial charge in [0.15, 0.2) is 12.1 Å². The van der Waals surface area contributed by atoms with Gasteiger partial charge in [-0.25, -0.2) is 0 Å². The van der Waals surface area contributed by atoms with Crippen LogP contribution in [0.1, 0.15) is 45.5 Å². The number of rotatable bonds is 2. The normalized spacial score (nSPS) is 50.0. The zero-order chi connectivity index (χ0) is 21.6. The van der Waals surface area contributed by atoms with Gasteiger partial charge in [0.05, 0.1) is 24.7 Å². The molecule has 3 saturated heterocycles. The zero-order valence-corrected chi connectivity index (χ0v) is 18.0. The summed E-state index contributed by atoms with van der Waals surface area (Å²) in [6.07, 6.45) is -1.06. The molecule has 5 aliphatic rings. The fraction of sp³-hybridized carbons (Fsp3) is 0.667. The molecule has 7 nitrogen and oxygen atoms in total. The maximum atomic E-state index is 13.5. The lowest BCUT2D eigenvalue weighted by Gasteiger charge is -2.63. The van der Waals surface area contributed by atoms with Crippen LogP contribution in [0.5, 0.6) is 0 Å². The van der Waals surface area contributed by atoms with Gasteiger partial charge in [-0.15, -0.1) is 0 Å². The van der Waals surface area contributed by atoms with Crippen LogP contribution in [0.4, 0.5) is 0 Å². The summed E-state index contributed by atoms with van der Waals surface area (Å²) in [7, 11) is 0. The van der Waals surface area contributed by atoms with Crippen molar-refractivity contribution in [2.75, 3.05) is 13.2 Å². The molecule has 3 aliphatic heterocycles. The van der Waals surface area contributed by atoms with Crippen molar-refractivity contribution in [2.45, 2.75) is 69.9 Å². The number of ketones is 1. The van der Waals surface area contributed by atoms with Gasteiger partial charge in [0.2, 0.25) is 0 Å². The van der Waals surface area contributed by atoms with Crippen LogP contribution < -0.4 is 0 Å². The molecule has 2 saturated carbocycles. The predicted molar refractivity (Wildman–Crippen MR) is 107 cm³/mol. The third-order valence-electron chi connectivity index (χ3n) is 8.61. The van der Waals surface area contributed by atoms with Gasteiger partial charge in [-0.05, 0) is 12.8 Å². The van der Waals surface area contributed by atoms with E-state index in [-0.39, 0.29) is 29.9 Å². The summed E-state index contributed by atoms with van der Waals surface area (Å²) >= 11 is 0. The van der Waals surface area contributed by atoms with Gasteiger partial charge in [-0.2, -0.15) is 0 Å². The molecule has 5 fully saturated rings. The van der Waals surface area contributed by atoms with Gasteiger partial charge in [0.1, 0.15) is 23.9 Å². The summed E-state index contributed by atoms with van der Waals surface area (Å²) in [5.41, 5.74) is -0.851.